The maximum absolute atomic E-state index is 13.3. The first-order chi connectivity index (χ1) is 17.9. The van der Waals surface area contributed by atoms with E-state index in [2.05, 4.69) is 0 Å². The molecule has 1 aliphatic rings. The van der Waals surface area contributed by atoms with Crippen LogP contribution in [0.5, 0.6) is 17.2 Å². The summed E-state index contributed by atoms with van der Waals surface area (Å²) in [4.78, 5) is 27.9. The summed E-state index contributed by atoms with van der Waals surface area (Å²) in [5, 5.41) is 30.7. The number of carbonyl (C=O) groups excluding carboxylic acids is 2. The maximum atomic E-state index is 13.3. The number of aliphatic hydroxyl groups excluding tert-OH is 1. The SMILES string of the molecule is CCCOc1ccc(/C(O)=C2/C(=O)C(=O)N(c3ccc(C#N)cc3)C2c2ccc(O)c(OCC)c2)cc1. The third-order valence-corrected chi connectivity index (χ3v) is 5.92. The Labute approximate surface area is 214 Å². The number of nitriles is 1. The number of aromatic hydroxyl groups is 1. The van der Waals surface area contributed by atoms with Crippen molar-refractivity contribution in [2.45, 2.75) is 26.3 Å². The van der Waals surface area contributed by atoms with Gasteiger partial charge in [-0.3, -0.25) is 14.5 Å². The molecular weight excluding hydrogens is 472 g/mol. The number of rotatable bonds is 8. The summed E-state index contributed by atoms with van der Waals surface area (Å²) in [7, 11) is 0. The first-order valence-corrected chi connectivity index (χ1v) is 11.9. The molecular formula is C29H26N2O6. The van der Waals surface area contributed by atoms with Crippen LogP contribution in [0.15, 0.2) is 72.3 Å². The molecule has 0 aliphatic carbocycles. The molecule has 3 aromatic rings. The summed E-state index contributed by atoms with van der Waals surface area (Å²) in [5.74, 6) is -1.32. The molecule has 1 saturated heterocycles. The van der Waals surface area contributed by atoms with Crippen molar-refractivity contribution in [2.24, 2.45) is 0 Å². The number of benzene rings is 3. The Morgan fingerprint density at radius 2 is 1.70 bits per heavy atom. The van der Waals surface area contributed by atoms with Gasteiger partial charge in [-0.15, -0.1) is 0 Å². The van der Waals surface area contributed by atoms with Crippen LogP contribution in [0.4, 0.5) is 5.69 Å². The highest BCUT2D eigenvalue weighted by Gasteiger charge is 2.47. The van der Waals surface area contributed by atoms with Crippen molar-refractivity contribution in [3.8, 4) is 23.3 Å². The summed E-state index contributed by atoms with van der Waals surface area (Å²) in [6.07, 6.45) is 0.844. The summed E-state index contributed by atoms with van der Waals surface area (Å²) >= 11 is 0. The monoisotopic (exact) mass is 498 g/mol. The molecule has 8 heteroatoms. The Morgan fingerprint density at radius 3 is 2.32 bits per heavy atom. The summed E-state index contributed by atoms with van der Waals surface area (Å²) in [5.41, 5.74) is 1.46. The molecule has 0 saturated carbocycles. The van der Waals surface area contributed by atoms with E-state index in [1.165, 1.54) is 11.0 Å². The fourth-order valence-electron chi connectivity index (χ4n) is 4.17. The van der Waals surface area contributed by atoms with Gasteiger partial charge in [0.25, 0.3) is 11.7 Å². The predicted molar refractivity (Wildman–Crippen MR) is 137 cm³/mol. The summed E-state index contributed by atoms with van der Waals surface area (Å²) in [6.45, 7) is 4.60. The number of hydrogen-bond acceptors (Lipinski definition) is 7. The van der Waals surface area contributed by atoms with Crippen LogP contribution in [-0.2, 0) is 9.59 Å². The number of ketones is 1. The molecule has 1 amide bonds. The zero-order valence-corrected chi connectivity index (χ0v) is 20.5. The topological polar surface area (TPSA) is 120 Å². The second-order valence-electron chi connectivity index (χ2n) is 8.36. The van der Waals surface area contributed by atoms with Crippen molar-refractivity contribution in [3.05, 3.63) is 89.0 Å². The van der Waals surface area contributed by atoms with E-state index in [4.69, 9.17) is 14.7 Å². The molecule has 1 unspecified atom stereocenters. The Balaban J connectivity index is 1.88. The largest absolute Gasteiger partial charge is 0.507 e. The number of phenols is 1. The minimum atomic E-state index is -1.01. The van der Waals surface area contributed by atoms with Gasteiger partial charge in [-0.1, -0.05) is 13.0 Å². The summed E-state index contributed by atoms with van der Waals surface area (Å²) in [6, 6.07) is 18.4. The Morgan fingerprint density at radius 1 is 1.00 bits per heavy atom. The smallest absolute Gasteiger partial charge is 0.300 e. The molecule has 2 N–H and O–H groups in total. The van der Waals surface area contributed by atoms with E-state index in [0.29, 0.717) is 41.3 Å². The van der Waals surface area contributed by atoms with Crippen molar-refractivity contribution in [1.82, 2.24) is 0 Å². The predicted octanol–water partition coefficient (Wildman–Crippen LogP) is 5.08. The number of ether oxygens (including phenoxy) is 2. The van der Waals surface area contributed by atoms with Crippen molar-refractivity contribution in [1.29, 1.82) is 5.26 Å². The van der Waals surface area contributed by atoms with Gasteiger partial charge in [0.05, 0.1) is 36.5 Å². The van der Waals surface area contributed by atoms with Gasteiger partial charge in [-0.2, -0.15) is 5.26 Å². The van der Waals surface area contributed by atoms with Crippen LogP contribution in [0.1, 0.15) is 43.0 Å². The lowest BCUT2D eigenvalue weighted by molar-refractivity contribution is -0.132. The molecule has 1 fully saturated rings. The molecule has 3 aromatic carbocycles. The third-order valence-electron chi connectivity index (χ3n) is 5.92. The van der Waals surface area contributed by atoms with Crippen LogP contribution in [0, 0.1) is 11.3 Å². The lowest BCUT2D eigenvalue weighted by Crippen LogP contribution is -2.29. The van der Waals surface area contributed by atoms with Crippen molar-refractivity contribution < 1.29 is 29.3 Å². The first kappa shape index (κ1) is 25.3. The van der Waals surface area contributed by atoms with Crippen molar-refractivity contribution in [2.75, 3.05) is 18.1 Å². The normalized spacial score (nSPS) is 16.5. The highest BCUT2D eigenvalue weighted by molar-refractivity contribution is 6.51. The van der Waals surface area contributed by atoms with Crippen LogP contribution < -0.4 is 14.4 Å². The van der Waals surface area contributed by atoms with Crippen molar-refractivity contribution in [3.63, 3.8) is 0 Å². The number of amides is 1. The lowest BCUT2D eigenvalue weighted by atomic mass is 9.94. The number of Topliss-reactive ketones (excluding diaryl/α,β-unsaturated/α-hetero) is 1. The Kier molecular flexibility index (Phi) is 7.44. The van der Waals surface area contributed by atoms with Gasteiger partial charge in [0.15, 0.2) is 11.5 Å². The van der Waals surface area contributed by atoms with Crippen LogP contribution in [0.25, 0.3) is 5.76 Å². The summed E-state index contributed by atoms with van der Waals surface area (Å²) < 4.78 is 11.1. The van der Waals surface area contributed by atoms with Gasteiger partial charge < -0.3 is 19.7 Å². The Hall–Kier alpha value is -4.77. The third kappa shape index (κ3) is 4.98. The molecule has 0 aromatic heterocycles. The van der Waals surface area contributed by atoms with E-state index in [0.717, 1.165) is 6.42 Å². The number of aliphatic hydroxyl groups is 1. The van der Waals surface area contributed by atoms with E-state index in [1.54, 1.807) is 67.6 Å². The zero-order chi connectivity index (χ0) is 26.5. The quantitative estimate of drug-likeness (QED) is 0.252. The Bertz CT molecular complexity index is 1390. The van der Waals surface area contributed by atoms with E-state index < -0.39 is 17.7 Å². The fourth-order valence-corrected chi connectivity index (χ4v) is 4.17. The second-order valence-corrected chi connectivity index (χ2v) is 8.36. The number of anilines is 1. The first-order valence-electron chi connectivity index (χ1n) is 11.9. The average molecular weight is 499 g/mol. The molecule has 37 heavy (non-hydrogen) atoms. The molecule has 8 nitrogen and oxygen atoms in total. The number of carbonyl (C=O) groups is 2. The van der Waals surface area contributed by atoms with E-state index in [-0.39, 0.29) is 22.8 Å². The van der Waals surface area contributed by atoms with E-state index in [1.807, 2.05) is 13.0 Å². The molecule has 188 valence electrons. The van der Waals surface area contributed by atoms with Gasteiger partial charge in [0.1, 0.15) is 11.5 Å². The molecule has 0 bridgehead atoms. The fraction of sp³-hybridized carbons (Fsp3) is 0.207. The average Bonchev–Trinajstić information content (AvgIpc) is 3.18. The number of phenolic OH excluding ortho intramolecular Hbond substituents is 1. The molecule has 0 radical (unpaired) electrons. The van der Waals surface area contributed by atoms with Gasteiger partial charge in [-0.25, -0.2) is 0 Å². The minimum Gasteiger partial charge on any atom is -0.507 e. The maximum Gasteiger partial charge on any atom is 0.300 e. The number of nitrogens with zero attached hydrogens (tertiary/aromatic N) is 2. The van der Waals surface area contributed by atoms with E-state index >= 15 is 0 Å². The highest BCUT2D eigenvalue weighted by Crippen LogP contribution is 2.44. The van der Waals surface area contributed by atoms with Gasteiger partial charge in [0, 0.05) is 11.3 Å². The highest BCUT2D eigenvalue weighted by atomic mass is 16.5. The van der Waals surface area contributed by atoms with Crippen LogP contribution in [0.3, 0.4) is 0 Å². The van der Waals surface area contributed by atoms with Gasteiger partial charge >= 0.3 is 0 Å². The van der Waals surface area contributed by atoms with Crippen LogP contribution >= 0.6 is 0 Å². The second kappa shape index (κ2) is 10.9. The standard InChI is InChI=1S/C29H26N2O6/c1-3-15-37-22-12-7-19(8-13-22)27(33)25-26(20-9-14-23(32)24(16-20)36-4-2)31(29(35)28(25)34)21-10-5-18(17-30)6-11-21/h5-14,16,26,32-33H,3-4,15H2,1-2H3/b27-25-. The minimum absolute atomic E-state index is 0.0939. The van der Waals surface area contributed by atoms with Crippen molar-refractivity contribution >= 4 is 23.1 Å². The lowest BCUT2D eigenvalue weighted by Gasteiger charge is -2.26. The molecule has 1 heterocycles. The number of hydrogen-bond donors (Lipinski definition) is 2. The van der Waals surface area contributed by atoms with Gasteiger partial charge in [0.2, 0.25) is 0 Å². The zero-order valence-electron chi connectivity index (χ0n) is 20.5. The molecule has 1 atom stereocenters. The van der Waals surface area contributed by atoms with Crippen LogP contribution in [-0.4, -0.2) is 35.1 Å². The van der Waals surface area contributed by atoms with E-state index in [9.17, 15) is 19.8 Å². The molecule has 1 aliphatic heterocycles. The molecule has 4 rings (SSSR count). The van der Waals surface area contributed by atoms with Crippen LogP contribution in [0.2, 0.25) is 0 Å². The molecule has 0 spiro atoms. The van der Waals surface area contributed by atoms with Gasteiger partial charge in [-0.05, 0) is 79.6 Å².